The Labute approximate surface area is 154 Å². The number of ether oxygens (including phenoxy) is 1. The molecule has 0 bridgehead atoms. The van der Waals surface area contributed by atoms with E-state index in [4.69, 9.17) is 9.72 Å². The van der Waals surface area contributed by atoms with Gasteiger partial charge in [-0.3, -0.25) is 4.90 Å². The van der Waals surface area contributed by atoms with Crippen molar-refractivity contribution in [2.24, 2.45) is 0 Å². The van der Waals surface area contributed by atoms with Crippen LogP contribution in [0.4, 0.5) is 5.69 Å². The summed E-state index contributed by atoms with van der Waals surface area (Å²) in [4.78, 5) is 9.78. The number of benzene rings is 2. The molecule has 2 heterocycles. The molecule has 1 saturated heterocycles. The van der Waals surface area contributed by atoms with Crippen molar-refractivity contribution in [3.63, 3.8) is 0 Å². The molecule has 0 aliphatic carbocycles. The van der Waals surface area contributed by atoms with Crippen molar-refractivity contribution in [3.8, 4) is 5.75 Å². The summed E-state index contributed by atoms with van der Waals surface area (Å²) in [6, 6.07) is 16.7. The summed E-state index contributed by atoms with van der Waals surface area (Å²) in [6.07, 6.45) is 0. The molecule has 0 spiro atoms. The van der Waals surface area contributed by atoms with E-state index < -0.39 is 0 Å². The normalized spacial score (nSPS) is 15.5. The second-order valence-corrected chi connectivity index (χ2v) is 6.70. The summed E-state index contributed by atoms with van der Waals surface area (Å²) >= 11 is 0. The Morgan fingerprint density at radius 2 is 1.69 bits per heavy atom. The first kappa shape index (κ1) is 16.9. The van der Waals surface area contributed by atoms with Gasteiger partial charge in [0.2, 0.25) is 0 Å². The highest BCUT2D eigenvalue weighted by Crippen LogP contribution is 2.28. The molecule has 0 radical (unpaired) electrons. The van der Waals surface area contributed by atoms with Gasteiger partial charge < -0.3 is 14.2 Å². The summed E-state index contributed by atoms with van der Waals surface area (Å²) in [7, 11) is 1.74. The van der Waals surface area contributed by atoms with Crippen LogP contribution in [0.1, 0.15) is 12.7 Å². The fraction of sp³-hybridized carbons (Fsp3) is 0.381. The lowest BCUT2D eigenvalue weighted by Crippen LogP contribution is -2.46. The van der Waals surface area contributed by atoms with Gasteiger partial charge in [-0.1, -0.05) is 24.3 Å². The lowest BCUT2D eigenvalue weighted by molar-refractivity contribution is 0.240. The monoisotopic (exact) mass is 350 g/mol. The molecule has 136 valence electrons. The van der Waals surface area contributed by atoms with Crippen molar-refractivity contribution >= 4 is 16.7 Å². The first-order chi connectivity index (χ1) is 12.8. The van der Waals surface area contributed by atoms with E-state index in [1.54, 1.807) is 7.11 Å². The van der Waals surface area contributed by atoms with Gasteiger partial charge in [-0.15, -0.1) is 0 Å². The number of hydrogen-bond acceptors (Lipinski definition) is 4. The SMILES string of the molecule is CCn1c(CN2CCN(c3ccccc3OC)CC2)nc2ccccc21. The lowest BCUT2D eigenvalue weighted by Gasteiger charge is -2.36. The molecule has 3 aromatic rings. The van der Waals surface area contributed by atoms with Gasteiger partial charge in [0.05, 0.1) is 30.4 Å². The number of imidazole rings is 1. The number of nitrogens with zero attached hydrogens (tertiary/aromatic N) is 4. The van der Waals surface area contributed by atoms with Gasteiger partial charge in [-0.2, -0.15) is 0 Å². The van der Waals surface area contributed by atoms with Crippen LogP contribution in [0.5, 0.6) is 5.75 Å². The summed E-state index contributed by atoms with van der Waals surface area (Å²) < 4.78 is 7.85. The highest BCUT2D eigenvalue weighted by atomic mass is 16.5. The molecule has 1 aliphatic heterocycles. The Morgan fingerprint density at radius 3 is 2.46 bits per heavy atom. The van der Waals surface area contributed by atoms with E-state index in [1.807, 2.05) is 12.1 Å². The van der Waals surface area contributed by atoms with Crippen LogP contribution in [0, 0.1) is 0 Å². The molecule has 5 heteroatoms. The average Bonchev–Trinajstić information content (AvgIpc) is 3.05. The fourth-order valence-corrected chi connectivity index (χ4v) is 3.84. The molecule has 1 fully saturated rings. The van der Waals surface area contributed by atoms with Gasteiger partial charge >= 0.3 is 0 Å². The molecule has 1 aliphatic rings. The first-order valence-corrected chi connectivity index (χ1v) is 9.34. The summed E-state index contributed by atoms with van der Waals surface area (Å²) in [5, 5.41) is 0. The largest absolute Gasteiger partial charge is 0.495 e. The zero-order valence-electron chi connectivity index (χ0n) is 15.6. The summed E-state index contributed by atoms with van der Waals surface area (Å²) in [5.41, 5.74) is 3.52. The molecular formula is C21H26N4O. The van der Waals surface area contributed by atoms with E-state index in [-0.39, 0.29) is 0 Å². The van der Waals surface area contributed by atoms with Crippen LogP contribution in [0.15, 0.2) is 48.5 Å². The standard InChI is InChI=1S/C21H26N4O/c1-3-25-18-9-5-4-8-17(18)22-21(25)16-23-12-14-24(15-13-23)19-10-6-7-11-20(19)26-2/h4-11H,3,12-16H2,1-2H3. The summed E-state index contributed by atoms with van der Waals surface area (Å²) in [6.45, 7) is 8.13. The summed E-state index contributed by atoms with van der Waals surface area (Å²) in [5.74, 6) is 2.12. The maximum atomic E-state index is 5.52. The minimum Gasteiger partial charge on any atom is -0.495 e. The number of aryl methyl sites for hydroxylation is 1. The van der Waals surface area contributed by atoms with Crippen LogP contribution >= 0.6 is 0 Å². The number of hydrogen-bond donors (Lipinski definition) is 0. The van der Waals surface area contributed by atoms with Crippen molar-refractivity contribution in [1.29, 1.82) is 0 Å². The van der Waals surface area contributed by atoms with E-state index in [9.17, 15) is 0 Å². The molecule has 0 atom stereocenters. The number of rotatable bonds is 5. The number of piperazine rings is 1. The highest BCUT2D eigenvalue weighted by Gasteiger charge is 2.21. The average molecular weight is 350 g/mol. The van der Waals surface area contributed by atoms with E-state index in [0.29, 0.717) is 0 Å². The second kappa shape index (κ2) is 7.38. The van der Waals surface area contributed by atoms with E-state index in [1.165, 1.54) is 17.0 Å². The Kier molecular flexibility index (Phi) is 4.80. The van der Waals surface area contributed by atoms with Crippen molar-refractivity contribution < 1.29 is 4.74 Å². The van der Waals surface area contributed by atoms with Crippen LogP contribution in [-0.2, 0) is 13.1 Å². The van der Waals surface area contributed by atoms with E-state index in [0.717, 1.165) is 50.5 Å². The van der Waals surface area contributed by atoms with Crippen molar-refractivity contribution in [1.82, 2.24) is 14.5 Å². The number of methoxy groups -OCH3 is 1. The number of fused-ring (bicyclic) bond motifs is 1. The van der Waals surface area contributed by atoms with Gasteiger partial charge in [0.25, 0.3) is 0 Å². The first-order valence-electron chi connectivity index (χ1n) is 9.34. The van der Waals surface area contributed by atoms with E-state index in [2.05, 4.69) is 57.7 Å². The van der Waals surface area contributed by atoms with Gasteiger partial charge in [0.15, 0.2) is 0 Å². The Hall–Kier alpha value is -2.53. The molecule has 2 aromatic carbocycles. The van der Waals surface area contributed by atoms with E-state index >= 15 is 0 Å². The molecule has 1 aromatic heterocycles. The fourth-order valence-electron chi connectivity index (χ4n) is 3.84. The molecule has 4 rings (SSSR count). The molecule has 0 N–H and O–H groups in total. The maximum absolute atomic E-state index is 5.52. The van der Waals surface area contributed by atoms with Crippen molar-refractivity contribution in [3.05, 3.63) is 54.4 Å². The Morgan fingerprint density at radius 1 is 0.962 bits per heavy atom. The minimum atomic E-state index is 0.905. The third-order valence-electron chi connectivity index (χ3n) is 5.21. The van der Waals surface area contributed by atoms with Gasteiger partial charge in [-0.25, -0.2) is 4.98 Å². The lowest BCUT2D eigenvalue weighted by atomic mass is 10.2. The Balaban J connectivity index is 1.46. The third kappa shape index (κ3) is 3.15. The molecule has 26 heavy (non-hydrogen) atoms. The smallest absolute Gasteiger partial charge is 0.142 e. The van der Waals surface area contributed by atoms with Crippen molar-refractivity contribution in [2.45, 2.75) is 20.0 Å². The number of para-hydroxylation sites is 4. The predicted octanol–water partition coefficient (Wildman–Crippen LogP) is 3.39. The predicted molar refractivity (Wildman–Crippen MR) is 106 cm³/mol. The minimum absolute atomic E-state index is 0.905. The van der Waals surface area contributed by atoms with Gasteiger partial charge in [-0.05, 0) is 31.2 Å². The molecule has 5 nitrogen and oxygen atoms in total. The zero-order chi connectivity index (χ0) is 17.9. The quantitative estimate of drug-likeness (QED) is 0.706. The molecule has 0 saturated carbocycles. The van der Waals surface area contributed by atoms with Crippen LogP contribution in [0.25, 0.3) is 11.0 Å². The zero-order valence-corrected chi connectivity index (χ0v) is 15.6. The molecule has 0 unspecified atom stereocenters. The maximum Gasteiger partial charge on any atom is 0.142 e. The van der Waals surface area contributed by atoms with Crippen LogP contribution in [0.2, 0.25) is 0 Å². The third-order valence-corrected chi connectivity index (χ3v) is 5.21. The van der Waals surface area contributed by atoms with Gasteiger partial charge in [0, 0.05) is 32.7 Å². The molecule has 0 amide bonds. The van der Waals surface area contributed by atoms with Crippen LogP contribution in [0.3, 0.4) is 0 Å². The Bertz CT molecular complexity index is 881. The van der Waals surface area contributed by atoms with Crippen LogP contribution in [-0.4, -0.2) is 47.7 Å². The van der Waals surface area contributed by atoms with Gasteiger partial charge in [0.1, 0.15) is 11.6 Å². The van der Waals surface area contributed by atoms with Crippen molar-refractivity contribution in [2.75, 3.05) is 38.2 Å². The van der Waals surface area contributed by atoms with Crippen LogP contribution < -0.4 is 9.64 Å². The second-order valence-electron chi connectivity index (χ2n) is 6.70. The number of anilines is 1. The number of aromatic nitrogens is 2. The molecular weight excluding hydrogens is 324 g/mol. The topological polar surface area (TPSA) is 33.5 Å². The highest BCUT2D eigenvalue weighted by molar-refractivity contribution is 5.75.